The Morgan fingerprint density at radius 1 is 1.23 bits per heavy atom. The molecule has 0 radical (unpaired) electrons. The van der Waals surface area contributed by atoms with Gasteiger partial charge in [-0.05, 0) is 31.2 Å². The molecule has 1 aliphatic rings. The van der Waals surface area contributed by atoms with Crippen molar-refractivity contribution in [2.24, 2.45) is 0 Å². The van der Waals surface area contributed by atoms with Crippen LogP contribution in [0.3, 0.4) is 0 Å². The van der Waals surface area contributed by atoms with Crippen LogP contribution in [0.1, 0.15) is 5.56 Å². The molecule has 0 unspecified atom stereocenters. The minimum Gasteiger partial charge on any atom is -0.379 e. The third-order valence-electron chi connectivity index (χ3n) is 5.02. The highest BCUT2D eigenvalue weighted by molar-refractivity contribution is 8.00. The van der Waals surface area contributed by atoms with Crippen LogP contribution in [0.5, 0.6) is 0 Å². The number of carbonyl (C=O) groups excluding carboxylic acids is 1. The maximum absolute atomic E-state index is 13.2. The third kappa shape index (κ3) is 5.34. The minimum atomic E-state index is 0.0593. The van der Waals surface area contributed by atoms with Gasteiger partial charge in [0.15, 0.2) is 5.13 Å². The van der Waals surface area contributed by atoms with Gasteiger partial charge in [0.1, 0.15) is 5.52 Å². The van der Waals surface area contributed by atoms with E-state index in [1.165, 1.54) is 16.9 Å². The number of aromatic nitrogens is 1. The minimum absolute atomic E-state index is 0.0593. The monoisotopic (exact) mass is 461 g/mol. The van der Waals surface area contributed by atoms with Gasteiger partial charge >= 0.3 is 0 Å². The molecule has 5 nitrogen and oxygen atoms in total. The van der Waals surface area contributed by atoms with E-state index < -0.39 is 0 Å². The van der Waals surface area contributed by atoms with Gasteiger partial charge < -0.3 is 4.74 Å². The number of carbonyl (C=O) groups is 1. The average molecular weight is 462 g/mol. The molecule has 4 rings (SSSR count). The molecule has 3 aromatic rings. The lowest BCUT2D eigenvalue weighted by Gasteiger charge is -2.29. The predicted octanol–water partition coefficient (Wildman–Crippen LogP) is 4.72. The molecule has 1 amide bonds. The average Bonchev–Trinajstić information content (AvgIpc) is 3.19. The van der Waals surface area contributed by atoms with E-state index in [0.717, 1.165) is 48.0 Å². The standard InChI is InChI=1S/C22H24ClN3O2S2/c1-16-5-7-17(8-6-16)29-15-20(27)26(10-9-25-11-13-28-14-12-25)22-24-21-18(23)3-2-4-19(21)30-22/h2-8H,9-15H2,1H3. The highest BCUT2D eigenvalue weighted by Crippen LogP contribution is 2.33. The summed E-state index contributed by atoms with van der Waals surface area (Å²) in [6.45, 7) is 6.74. The van der Waals surface area contributed by atoms with Gasteiger partial charge in [0, 0.05) is 31.1 Å². The van der Waals surface area contributed by atoms with Crippen molar-refractivity contribution in [2.75, 3.05) is 50.0 Å². The van der Waals surface area contributed by atoms with Crippen LogP contribution >= 0.6 is 34.7 Å². The molecular formula is C22H24ClN3O2S2. The summed E-state index contributed by atoms with van der Waals surface area (Å²) in [5.74, 6) is 0.430. The van der Waals surface area contributed by atoms with Crippen LogP contribution in [0.25, 0.3) is 10.2 Å². The molecule has 1 aliphatic heterocycles. The Morgan fingerprint density at radius 3 is 2.73 bits per heavy atom. The van der Waals surface area contributed by atoms with E-state index in [9.17, 15) is 4.79 Å². The van der Waals surface area contributed by atoms with Crippen molar-refractivity contribution in [1.29, 1.82) is 0 Å². The molecule has 0 aliphatic carbocycles. The number of thioether (sulfide) groups is 1. The topological polar surface area (TPSA) is 45.7 Å². The van der Waals surface area contributed by atoms with Crippen LogP contribution in [0.15, 0.2) is 47.4 Å². The molecule has 30 heavy (non-hydrogen) atoms. The fourth-order valence-electron chi connectivity index (χ4n) is 3.27. The van der Waals surface area contributed by atoms with Crippen LogP contribution in [-0.4, -0.2) is 60.9 Å². The molecule has 2 aromatic carbocycles. The molecule has 1 saturated heterocycles. The number of amides is 1. The van der Waals surface area contributed by atoms with Crippen LogP contribution in [-0.2, 0) is 9.53 Å². The van der Waals surface area contributed by atoms with Gasteiger partial charge in [-0.25, -0.2) is 4.98 Å². The number of benzene rings is 2. The second-order valence-electron chi connectivity index (χ2n) is 7.18. The molecule has 0 spiro atoms. The van der Waals surface area contributed by atoms with Crippen molar-refractivity contribution in [2.45, 2.75) is 11.8 Å². The number of anilines is 1. The zero-order valence-electron chi connectivity index (χ0n) is 16.8. The first-order valence-electron chi connectivity index (χ1n) is 9.95. The summed E-state index contributed by atoms with van der Waals surface area (Å²) in [5, 5.41) is 1.32. The molecule has 0 saturated carbocycles. The van der Waals surface area contributed by atoms with Gasteiger partial charge in [0.2, 0.25) is 5.91 Å². The number of rotatable bonds is 7. The maximum Gasteiger partial charge on any atom is 0.239 e. The SMILES string of the molecule is Cc1ccc(SCC(=O)N(CCN2CCOCC2)c2nc3c(Cl)cccc3s2)cc1. The zero-order valence-corrected chi connectivity index (χ0v) is 19.2. The number of halogens is 1. The summed E-state index contributed by atoms with van der Waals surface area (Å²) in [6.07, 6.45) is 0. The van der Waals surface area contributed by atoms with Crippen molar-refractivity contribution >= 4 is 56.0 Å². The van der Waals surface area contributed by atoms with Gasteiger partial charge in [0.05, 0.1) is 28.7 Å². The van der Waals surface area contributed by atoms with E-state index in [-0.39, 0.29) is 5.91 Å². The van der Waals surface area contributed by atoms with Crippen molar-refractivity contribution < 1.29 is 9.53 Å². The van der Waals surface area contributed by atoms with Crippen molar-refractivity contribution in [3.05, 3.63) is 53.1 Å². The van der Waals surface area contributed by atoms with E-state index in [2.05, 4.69) is 36.1 Å². The number of nitrogens with zero attached hydrogens (tertiary/aromatic N) is 3. The van der Waals surface area contributed by atoms with Gasteiger partial charge in [0.25, 0.3) is 0 Å². The Balaban J connectivity index is 1.51. The number of hydrogen-bond acceptors (Lipinski definition) is 6. The van der Waals surface area contributed by atoms with Crippen LogP contribution in [0.4, 0.5) is 5.13 Å². The van der Waals surface area contributed by atoms with E-state index >= 15 is 0 Å². The molecule has 0 atom stereocenters. The Bertz CT molecular complexity index is 1000. The summed E-state index contributed by atoms with van der Waals surface area (Å²) in [4.78, 5) is 23.2. The molecule has 8 heteroatoms. The van der Waals surface area contributed by atoms with Gasteiger partial charge in [-0.15, -0.1) is 11.8 Å². The highest BCUT2D eigenvalue weighted by Gasteiger charge is 2.22. The number of thiazole rings is 1. The van der Waals surface area contributed by atoms with E-state index in [0.29, 0.717) is 22.5 Å². The second-order valence-corrected chi connectivity index (χ2v) is 9.65. The lowest BCUT2D eigenvalue weighted by atomic mass is 10.2. The maximum atomic E-state index is 13.2. The molecule has 0 N–H and O–H groups in total. The van der Waals surface area contributed by atoms with E-state index in [1.807, 2.05) is 23.1 Å². The predicted molar refractivity (Wildman–Crippen MR) is 126 cm³/mol. The van der Waals surface area contributed by atoms with Gasteiger partial charge in [-0.2, -0.15) is 0 Å². The first-order chi connectivity index (χ1) is 14.6. The number of morpholine rings is 1. The molecular weight excluding hydrogens is 438 g/mol. The molecule has 0 bridgehead atoms. The Morgan fingerprint density at radius 2 is 2.00 bits per heavy atom. The quantitative estimate of drug-likeness (QED) is 0.476. The number of fused-ring (bicyclic) bond motifs is 1. The fraction of sp³-hybridized carbons (Fsp3) is 0.364. The van der Waals surface area contributed by atoms with Crippen molar-refractivity contribution in [3.63, 3.8) is 0 Å². The summed E-state index contributed by atoms with van der Waals surface area (Å²) in [5.41, 5.74) is 1.97. The smallest absolute Gasteiger partial charge is 0.239 e. The summed E-state index contributed by atoms with van der Waals surface area (Å²) in [7, 11) is 0. The summed E-state index contributed by atoms with van der Waals surface area (Å²) in [6, 6.07) is 14.0. The number of ether oxygens (including phenoxy) is 1. The first kappa shape index (κ1) is 21.6. The number of hydrogen-bond donors (Lipinski definition) is 0. The zero-order chi connectivity index (χ0) is 20.9. The number of aryl methyl sites for hydroxylation is 1. The largest absolute Gasteiger partial charge is 0.379 e. The fourth-order valence-corrected chi connectivity index (χ4v) is 5.35. The van der Waals surface area contributed by atoms with E-state index in [4.69, 9.17) is 21.3 Å². The van der Waals surface area contributed by atoms with Gasteiger partial charge in [-0.1, -0.05) is 46.7 Å². The Hall–Kier alpha value is -1.64. The van der Waals surface area contributed by atoms with E-state index in [1.54, 1.807) is 11.8 Å². The lowest BCUT2D eigenvalue weighted by molar-refractivity contribution is -0.116. The van der Waals surface area contributed by atoms with Crippen LogP contribution in [0, 0.1) is 6.92 Å². The van der Waals surface area contributed by atoms with Crippen molar-refractivity contribution in [1.82, 2.24) is 9.88 Å². The third-order valence-corrected chi connectivity index (χ3v) is 7.36. The highest BCUT2D eigenvalue weighted by atomic mass is 35.5. The summed E-state index contributed by atoms with van der Waals surface area (Å²) < 4.78 is 6.43. The number of para-hydroxylation sites is 1. The molecule has 1 fully saturated rings. The van der Waals surface area contributed by atoms with Crippen molar-refractivity contribution in [3.8, 4) is 0 Å². The second kappa shape index (κ2) is 10.1. The Labute approximate surface area is 190 Å². The van der Waals surface area contributed by atoms with Gasteiger partial charge in [-0.3, -0.25) is 14.6 Å². The summed E-state index contributed by atoms with van der Waals surface area (Å²) >= 11 is 9.39. The normalized spacial score (nSPS) is 14.9. The molecule has 2 heterocycles. The molecule has 1 aromatic heterocycles. The molecule has 158 valence electrons. The van der Waals surface area contributed by atoms with Crippen LogP contribution < -0.4 is 4.90 Å². The Kier molecular flexibility index (Phi) is 7.28. The lowest BCUT2D eigenvalue weighted by Crippen LogP contribution is -2.43. The van der Waals surface area contributed by atoms with Crippen LogP contribution in [0.2, 0.25) is 5.02 Å². The first-order valence-corrected chi connectivity index (χ1v) is 12.1.